The average Bonchev–Trinajstić information content (AvgIpc) is 2.38. The fraction of sp³-hybridized carbons (Fsp3) is 0.429. The third kappa shape index (κ3) is 5.28. The van der Waals surface area contributed by atoms with Gasteiger partial charge in [0.1, 0.15) is 0 Å². The molecule has 1 atom stereocenters. The van der Waals surface area contributed by atoms with Crippen LogP contribution in [0.2, 0.25) is 0 Å². The third-order valence-corrected chi connectivity index (χ3v) is 3.91. The molecule has 5 heteroatoms. The van der Waals surface area contributed by atoms with Gasteiger partial charge in [0.05, 0.1) is 11.4 Å². The highest BCUT2D eigenvalue weighted by Gasteiger charge is 2.16. The van der Waals surface area contributed by atoms with E-state index in [-0.39, 0.29) is 11.8 Å². The summed E-state index contributed by atoms with van der Waals surface area (Å²) in [6.07, 6.45) is 0.408. The van der Waals surface area contributed by atoms with Gasteiger partial charge in [0.25, 0.3) is 0 Å². The lowest BCUT2D eigenvalue weighted by Crippen LogP contribution is -2.38. The van der Waals surface area contributed by atoms with E-state index < -0.39 is 0 Å². The van der Waals surface area contributed by atoms with E-state index >= 15 is 0 Å². The molecule has 0 saturated heterocycles. The van der Waals surface area contributed by atoms with Gasteiger partial charge in [-0.1, -0.05) is 47.2 Å². The molecule has 0 aliphatic heterocycles. The van der Waals surface area contributed by atoms with E-state index in [1.165, 1.54) is 0 Å². The monoisotopic (exact) mass is 342 g/mol. The smallest absolute Gasteiger partial charge is 0.227 e. The number of amides is 1. The molecule has 0 aliphatic carbocycles. The quantitative estimate of drug-likeness (QED) is 0.808. The number of nitrogens with two attached hydrogens (primary N) is 1. The van der Waals surface area contributed by atoms with E-state index in [1.54, 1.807) is 4.90 Å². The highest BCUT2D eigenvalue weighted by molar-refractivity contribution is 9.10. The van der Waals surface area contributed by atoms with Gasteiger partial charge in [0.15, 0.2) is 0 Å². The number of likely N-dealkylation sites (N-methyl/N-ethyl adjacent to an activating group) is 1. The van der Waals surface area contributed by atoms with Crippen LogP contribution in [0.4, 0.5) is 0 Å². The molecule has 2 N–H and O–H groups in total. The van der Waals surface area contributed by atoms with E-state index in [1.807, 2.05) is 38.1 Å². The van der Waals surface area contributed by atoms with Gasteiger partial charge in [0, 0.05) is 23.5 Å². The molecule has 1 rings (SSSR count). The van der Waals surface area contributed by atoms with Crippen LogP contribution in [0, 0.1) is 5.92 Å². The Labute approximate surface area is 128 Å². The molecule has 3 nitrogen and oxygen atoms in total. The average molecular weight is 343 g/mol. The van der Waals surface area contributed by atoms with Gasteiger partial charge >= 0.3 is 0 Å². The van der Waals surface area contributed by atoms with E-state index in [4.69, 9.17) is 18.0 Å². The topological polar surface area (TPSA) is 46.3 Å². The van der Waals surface area contributed by atoms with Crippen LogP contribution in [-0.2, 0) is 11.2 Å². The van der Waals surface area contributed by atoms with Crippen LogP contribution in [0.15, 0.2) is 28.7 Å². The molecule has 0 aliphatic rings. The zero-order chi connectivity index (χ0) is 14.4. The molecule has 0 bridgehead atoms. The summed E-state index contributed by atoms with van der Waals surface area (Å²) in [4.78, 5) is 14.5. The van der Waals surface area contributed by atoms with Gasteiger partial charge < -0.3 is 10.6 Å². The van der Waals surface area contributed by atoms with E-state index in [0.717, 1.165) is 10.0 Å². The van der Waals surface area contributed by atoms with E-state index in [2.05, 4.69) is 15.9 Å². The molecule has 0 saturated carbocycles. The maximum Gasteiger partial charge on any atom is 0.227 e. The SMILES string of the molecule is CCN(CC(C)C(N)=S)C(=O)Cc1ccc(Br)cc1. The van der Waals surface area contributed by atoms with Gasteiger partial charge in [0.2, 0.25) is 5.91 Å². The summed E-state index contributed by atoms with van der Waals surface area (Å²) < 4.78 is 1.01. The second-order valence-electron chi connectivity index (χ2n) is 4.54. The Morgan fingerprint density at radius 2 is 2.00 bits per heavy atom. The molecule has 19 heavy (non-hydrogen) atoms. The third-order valence-electron chi connectivity index (χ3n) is 2.98. The number of halogens is 1. The van der Waals surface area contributed by atoms with Crippen LogP contribution in [0.25, 0.3) is 0 Å². The van der Waals surface area contributed by atoms with Gasteiger partial charge in [-0.3, -0.25) is 4.79 Å². The van der Waals surface area contributed by atoms with Crippen LogP contribution >= 0.6 is 28.1 Å². The summed E-state index contributed by atoms with van der Waals surface area (Å²) in [5, 5.41) is 0. The molecule has 1 aromatic rings. The summed E-state index contributed by atoms with van der Waals surface area (Å²) in [5.41, 5.74) is 6.61. The lowest BCUT2D eigenvalue weighted by molar-refractivity contribution is -0.130. The predicted octanol–water partition coefficient (Wildman–Crippen LogP) is 2.76. The van der Waals surface area contributed by atoms with Crippen molar-refractivity contribution in [3.8, 4) is 0 Å². The van der Waals surface area contributed by atoms with Crippen LogP contribution in [-0.4, -0.2) is 28.9 Å². The van der Waals surface area contributed by atoms with Crippen molar-refractivity contribution in [3.05, 3.63) is 34.3 Å². The zero-order valence-electron chi connectivity index (χ0n) is 11.2. The Morgan fingerprint density at radius 3 is 2.47 bits per heavy atom. The first-order valence-electron chi connectivity index (χ1n) is 6.25. The lowest BCUT2D eigenvalue weighted by Gasteiger charge is -2.24. The van der Waals surface area contributed by atoms with E-state index in [9.17, 15) is 4.79 Å². The number of rotatable bonds is 6. The molecule has 1 amide bonds. The molecule has 0 heterocycles. The fourth-order valence-corrected chi connectivity index (χ4v) is 2.06. The highest BCUT2D eigenvalue weighted by atomic mass is 79.9. The number of carbonyl (C=O) groups is 1. The van der Waals surface area contributed by atoms with Crippen LogP contribution in [0.3, 0.4) is 0 Å². The lowest BCUT2D eigenvalue weighted by atomic mass is 10.1. The van der Waals surface area contributed by atoms with Crippen LogP contribution in [0.1, 0.15) is 19.4 Å². The van der Waals surface area contributed by atoms with Gasteiger partial charge in [-0.25, -0.2) is 0 Å². The first-order valence-corrected chi connectivity index (χ1v) is 7.45. The Bertz CT molecular complexity index is 447. The minimum atomic E-state index is 0.0452. The highest BCUT2D eigenvalue weighted by Crippen LogP contribution is 2.12. The standard InChI is InChI=1S/C14H19BrN2OS/c1-3-17(9-10(2)14(16)19)13(18)8-11-4-6-12(15)7-5-11/h4-7,10H,3,8-9H2,1-2H3,(H2,16,19). The second-order valence-corrected chi connectivity index (χ2v) is 5.93. The molecule has 1 aromatic carbocycles. The van der Waals surface area contributed by atoms with Crippen molar-refractivity contribution >= 4 is 39.0 Å². The number of hydrogen-bond donors (Lipinski definition) is 1. The summed E-state index contributed by atoms with van der Waals surface area (Å²) in [6, 6.07) is 7.78. The van der Waals surface area contributed by atoms with Gasteiger partial charge in [-0.15, -0.1) is 0 Å². The van der Waals surface area contributed by atoms with Crippen LogP contribution < -0.4 is 5.73 Å². The minimum Gasteiger partial charge on any atom is -0.393 e. The summed E-state index contributed by atoms with van der Waals surface area (Å²) >= 11 is 8.33. The molecule has 0 spiro atoms. The first kappa shape index (κ1) is 16.1. The summed E-state index contributed by atoms with van der Waals surface area (Å²) in [5.74, 6) is 0.150. The molecule has 0 radical (unpaired) electrons. The largest absolute Gasteiger partial charge is 0.393 e. The maximum absolute atomic E-state index is 12.2. The van der Waals surface area contributed by atoms with Crippen molar-refractivity contribution < 1.29 is 4.79 Å². The Balaban J connectivity index is 2.63. The molecule has 104 valence electrons. The summed E-state index contributed by atoms with van der Waals surface area (Å²) in [7, 11) is 0. The number of benzene rings is 1. The second kappa shape index (κ2) is 7.60. The fourth-order valence-electron chi connectivity index (χ4n) is 1.72. The maximum atomic E-state index is 12.2. The normalized spacial score (nSPS) is 11.9. The summed E-state index contributed by atoms with van der Waals surface area (Å²) in [6.45, 7) is 5.16. The van der Waals surface area contributed by atoms with Crippen LogP contribution in [0.5, 0.6) is 0 Å². The van der Waals surface area contributed by atoms with Crippen molar-refractivity contribution in [2.24, 2.45) is 11.7 Å². The minimum absolute atomic E-state index is 0.0452. The number of hydrogen-bond acceptors (Lipinski definition) is 2. The molecule has 1 unspecified atom stereocenters. The Kier molecular flexibility index (Phi) is 6.45. The van der Waals surface area contributed by atoms with E-state index in [0.29, 0.717) is 24.5 Å². The van der Waals surface area contributed by atoms with Crippen molar-refractivity contribution in [3.63, 3.8) is 0 Å². The number of thiocarbonyl (C=S) groups is 1. The Hall–Kier alpha value is -0.940. The molecular weight excluding hydrogens is 324 g/mol. The van der Waals surface area contributed by atoms with Gasteiger partial charge in [-0.2, -0.15) is 0 Å². The van der Waals surface area contributed by atoms with Gasteiger partial charge in [-0.05, 0) is 24.6 Å². The Morgan fingerprint density at radius 1 is 1.42 bits per heavy atom. The van der Waals surface area contributed by atoms with Crippen molar-refractivity contribution in [2.75, 3.05) is 13.1 Å². The number of carbonyl (C=O) groups excluding carboxylic acids is 1. The molecule has 0 aromatic heterocycles. The van der Waals surface area contributed by atoms with Crippen molar-refractivity contribution in [2.45, 2.75) is 20.3 Å². The number of nitrogens with zero attached hydrogens (tertiary/aromatic N) is 1. The molecular formula is C14H19BrN2OS. The first-order chi connectivity index (χ1) is 8.93. The van der Waals surface area contributed by atoms with Crippen molar-refractivity contribution in [1.29, 1.82) is 0 Å². The zero-order valence-corrected chi connectivity index (χ0v) is 13.6. The predicted molar refractivity (Wildman–Crippen MR) is 86.0 cm³/mol. The van der Waals surface area contributed by atoms with Crippen molar-refractivity contribution in [1.82, 2.24) is 4.90 Å². The molecule has 0 fully saturated rings.